The number of anilines is 3. The molecule has 0 aliphatic rings. The zero-order valence-corrected chi connectivity index (χ0v) is 13.4. The van der Waals surface area contributed by atoms with Crippen LogP contribution in [0, 0.1) is 11.3 Å². The number of amides is 2. The fraction of sp³-hybridized carbons (Fsp3) is 0.0556. The van der Waals surface area contributed by atoms with E-state index in [4.69, 9.17) is 5.26 Å². The van der Waals surface area contributed by atoms with Crippen LogP contribution in [0.5, 0.6) is 5.75 Å². The minimum atomic E-state index is -0.585. The number of phenols is 1. The standard InChI is InChI=1S/C18H16N4O3/c1-12(23)21-16-4-2-3-15(9-16)20-11-13(10-19)18(25)22-14-5-7-17(24)8-6-14/h2-9,11,20,24H,1H3,(H,21,23)(H,22,25)/b13-11-. The van der Waals surface area contributed by atoms with Crippen molar-refractivity contribution in [3.63, 3.8) is 0 Å². The van der Waals surface area contributed by atoms with Crippen LogP contribution in [0.3, 0.4) is 0 Å². The van der Waals surface area contributed by atoms with Gasteiger partial charge in [0.25, 0.3) is 5.91 Å². The summed E-state index contributed by atoms with van der Waals surface area (Å²) in [6.07, 6.45) is 1.28. The van der Waals surface area contributed by atoms with Gasteiger partial charge in [-0.05, 0) is 42.5 Å². The van der Waals surface area contributed by atoms with Crippen molar-refractivity contribution in [2.24, 2.45) is 0 Å². The number of nitriles is 1. The predicted molar refractivity (Wildman–Crippen MR) is 94.8 cm³/mol. The SMILES string of the molecule is CC(=O)Nc1cccc(N/C=C(/C#N)C(=O)Nc2ccc(O)cc2)c1. The van der Waals surface area contributed by atoms with E-state index < -0.39 is 5.91 Å². The van der Waals surface area contributed by atoms with Crippen LogP contribution >= 0.6 is 0 Å². The molecule has 0 fully saturated rings. The first-order valence-corrected chi connectivity index (χ1v) is 7.33. The summed E-state index contributed by atoms with van der Waals surface area (Å²) in [4.78, 5) is 23.2. The number of phenolic OH excluding ortho intramolecular Hbond substituents is 1. The topological polar surface area (TPSA) is 114 Å². The molecule has 0 aliphatic heterocycles. The van der Waals surface area contributed by atoms with Crippen molar-refractivity contribution in [1.29, 1.82) is 5.26 Å². The van der Waals surface area contributed by atoms with Crippen LogP contribution in [-0.2, 0) is 9.59 Å². The molecule has 0 aromatic heterocycles. The summed E-state index contributed by atoms with van der Waals surface area (Å²) in [5, 5.41) is 26.4. The minimum absolute atomic E-state index is 0.0785. The van der Waals surface area contributed by atoms with Crippen molar-refractivity contribution in [1.82, 2.24) is 0 Å². The third-order valence-corrected chi connectivity index (χ3v) is 3.06. The fourth-order valence-corrected chi connectivity index (χ4v) is 1.94. The lowest BCUT2D eigenvalue weighted by Gasteiger charge is -2.07. The Bertz CT molecular complexity index is 851. The number of aromatic hydroxyl groups is 1. The molecule has 0 saturated heterocycles. The van der Waals surface area contributed by atoms with Crippen molar-refractivity contribution >= 4 is 28.9 Å². The van der Waals surface area contributed by atoms with Gasteiger partial charge in [-0.3, -0.25) is 9.59 Å². The largest absolute Gasteiger partial charge is 0.508 e. The van der Waals surface area contributed by atoms with E-state index in [1.54, 1.807) is 24.3 Å². The number of nitrogens with zero attached hydrogens (tertiary/aromatic N) is 1. The first kappa shape index (κ1) is 17.6. The Hall–Kier alpha value is -3.79. The summed E-state index contributed by atoms with van der Waals surface area (Å²) in [6.45, 7) is 1.40. The van der Waals surface area contributed by atoms with Gasteiger partial charge in [0, 0.05) is 30.2 Å². The van der Waals surface area contributed by atoms with E-state index in [1.165, 1.54) is 37.4 Å². The van der Waals surface area contributed by atoms with Crippen LogP contribution in [0.4, 0.5) is 17.1 Å². The lowest BCUT2D eigenvalue weighted by molar-refractivity contribution is -0.114. The van der Waals surface area contributed by atoms with E-state index in [0.29, 0.717) is 17.1 Å². The summed E-state index contributed by atoms with van der Waals surface area (Å²) in [5.41, 5.74) is 1.53. The summed E-state index contributed by atoms with van der Waals surface area (Å²) >= 11 is 0. The van der Waals surface area contributed by atoms with Crippen LogP contribution in [0.1, 0.15) is 6.92 Å². The lowest BCUT2D eigenvalue weighted by Crippen LogP contribution is -2.14. The second kappa shape index (κ2) is 8.17. The average Bonchev–Trinajstić information content (AvgIpc) is 2.57. The molecule has 0 unspecified atom stereocenters. The number of hydrogen-bond donors (Lipinski definition) is 4. The second-order valence-corrected chi connectivity index (χ2v) is 5.08. The van der Waals surface area contributed by atoms with Gasteiger partial charge in [-0.25, -0.2) is 0 Å². The van der Waals surface area contributed by atoms with Gasteiger partial charge in [-0.2, -0.15) is 5.26 Å². The zero-order valence-electron chi connectivity index (χ0n) is 13.4. The molecular formula is C18H16N4O3. The maximum atomic E-state index is 12.1. The van der Waals surface area contributed by atoms with Gasteiger partial charge in [0.2, 0.25) is 5.91 Å². The smallest absolute Gasteiger partial charge is 0.267 e. The first-order valence-electron chi connectivity index (χ1n) is 7.33. The molecule has 2 rings (SSSR count). The van der Waals surface area contributed by atoms with E-state index in [1.807, 2.05) is 6.07 Å². The molecule has 0 saturated carbocycles. The van der Waals surface area contributed by atoms with E-state index >= 15 is 0 Å². The number of carbonyl (C=O) groups is 2. The molecule has 2 aromatic rings. The highest BCUT2D eigenvalue weighted by Gasteiger charge is 2.09. The summed E-state index contributed by atoms with van der Waals surface area (Å²) in [6, 6.07) is 14.6. The van der Waals surface area contributed by atoms with Crippen LogP contribution in [-0.4, -0.2) is 16.9 Å². The number of nitrogens with one attached hydrogen (secondary N) is 3. The Balaban J connectivity index is 2.07. The van der Waals surface area contributed by atoms with Crippen molar-refractivity contribution in [3.05, 3.63) is 60.3 Å². The van der Waals surface area contributed by atoms with E-state index in [-0.39, 0.29) is 17.2 Å². The molecule has 25 heavy (non-hydrogen) atoms. The lowest BCUT2D eigenvalue weighted by atomic mass is 10.2. The van der Waals surface area contributed by atoms with Gasteiger partial charge in [0.1, 0.15) is 17.4 Å². The van der Waals surface area contributed by atoms with Gasteiger partial charge in [-0.15, -0.1) is 0 Å². The number of rotatable bonds is 5. The van der Waals surface area contributed by atoms with E-state index in [0.717, 1.165) is 0 Å². The monoisotopic (exact) mass is 336 g/mol. The molecule has 7 heteroatoms. The van der Waals surface area contributed by atoms with Crippen LogP contribution in [0.15, 0.2) is 60.3 Å². The molecule has 2 amide bonds. The van der Waals surface area contributed by atoms with Gasteiger partial charge in [-0.1, -0.05) is 6.07 Å². The van der Waals surface area contributed by atoms with Crippen molar-refractivity contribution in [2.75, 3.05) is 16.0 Å². The Labute approximate surface area is 144 Å². The number of hydrogen-bond acceptors (Lipinski definition) is 5. The molecule has 7 nitrogen and oxygen atoms in total. The van der Waals surface area contributed by atoms with Crippen LogP contribution in [0.2, 0.25) is 0 Å². The highest BCUT2D eigenvalue weighted by Crippen LogP contribution is 2.16. The van der Waals surface area contributed by atoms with Crippen molar-refractivity contribution < 1.29 is 14.7 Å². The molecule has 0 atom stereocenters. The maximum Gasteiger partial charge on any atom is 0.267 e. The number of carbonyl (C=O) groups excluding carboxylic acids is 2. The molecule has 126 valence electrons. The Kier molecular flexibility index (Phi) is 5.74. The summed E-state index contributed by atoms with van der Waals surface area (Å²) < 4.78 is 0. The van der Waals surface area contributed by atoms with Crippen molar-refractivity contribution in [2.45, 2.75) is 6.92 Å². The summed E-state index contributed by atoms with van der Waals surface area (Å²) in [7, 11) is 0. The third kappa shape index (κ3) is 5.41. The molecule has 4 N–H and O–H groups in total. The quantitative estimate of drug-likeness (QED) is 0.381. The molecule has 2 aromatic carbocycles. The Morgan fingerprint density at radius 3 is 2.36 bits per heavy atom. The van der Waals surface area contributed by atoms with Gasteiger partial charge >= 0.3 is 0 Å². The van der Waals surface area contributed by atoms with Crippen molar-refractivity contribution in [3.8, 4) is 11.8 Å². The normalized spacial score (nSPS) is 10.5. The summed E-state index contributed by atoms with van der Waals surface area (Å²) in [5.74, 6) is -0.702. The first-order chi connectivity index (χ1) is 12.0. The highest BCUT2D eigenvalue weighted by molar-refractivity contribution is 6.06. The molecule has 0 spiro atoms. The van der Waals surface area contributed by atoms with E-state index in [9.17, 15) is 14.7 Å². The minimum Gasteiger partial charge on any atom is -0.508 e. The molecule has 0 bridgehead atoms. The average molecular weight is 336 g/mol. The second-order valence-electron chi connectivity index (χ2n) is 5.08. The molecule has 0 aliphatic carbocycles. The Morgan fingerprint density at radius 2 is 1.72 bits per heavy atom. The van der Waals surface area contributed by atoms with Gasteiger partial charge < -0.3 is 21.1 Å². The number of benzene rings is 2. The van der Waals surface area contributed by atoms with Gasteiger partial charge in [0.15, 0.2) is 0 Å². The molecule has 0 heterocycles. The van der Waals surface area contributed by atoms with Gasteiger partial charge in [0.05, 0.1) is 0 Å². The van der Waals surface area contributed by atoms with Crippen LogP contribution in [0.25, 0.3) is 0 Å². The van der Waals surface area contributed by atoms with E-state index in [2.05, 4.69) is 16.0 Å². The zero-order chi connectivity index (χ0) is 18.2. The van der Waals surface area contributed by atoms with Crippen LogP contribution < -0.4 is 16.0 Å². The Morgan fingerprint density at radius 1 is 1.04 bits per heavy atom. The maximum absolute atomic E-state index is 12.1. The predicted octanol–water partition coefficient (Wildman–Crippen LogP) is 2.81. The highest BCUT2D eigenvalue weighted by atomic mass is 16.3. The fourth-order valence-electron chi connectivity index (χ4n) is 1.94. The molecular weight excluding hydrogens is 320 g/mol. The molecule has 0 radical (unpaired) electrons. The third-order valence-electron chi connectivity index (χ3n) is 3.06.